The van der Waals surface area contributed by atoms with Crippen LogP contribution in [0.5, 0.6) is 5.75 Å². The molecule has 1 aromatic rings. The molecule has 4 nitrogen and oxygen atoms in total. The highest BCUT2D eigenvalue weighted by Crippen LogP contribution is 2.26. The van der Waals surface area contributed by atoms with Crippen molar-refractivity contribution in [1.82, 2.24) is 5.32 Å². The molecule has 0 aliphatic heterocycles. The molecular weight excluding hydrogens is 252 g/mol. The Bertz CT molecular complexity index is 456. The number of nitrogens with one attached hydrogen (secondary N) is 1. The number of amides is 1. The van der Waals surface area contributed by atoms with Gasteiger partial charge in [0.1, 0.15) is 5.75 Å². The second-order valence-electron chi connectivity index (χ2n) is 5.73. The highest BCUT2D eigenvalue weighted by molar-refractivity contribution is 5.80. The summed E-state index contributed by atoms with van der Waals surface area (Å²) in [6.45, 7) is 10.4. The third kappa shape index (κ3) is 4.85. The van der Waals surface area contributed by atoms with Gasteiger partial charge in [-0.2, -0.15) is 0 Å². The SMILES string of the molecule is Cc1ccc([C@H](C)N)c(OC(C)C(=O)NCC(C)C)c1. The largest absolute Gasteiger partial charge is 0.481 e. The van der Waals surface area contributed by atoms with Crippen LogP contribution < -0.4 is 15.8 Å². The molecule has 1 unspecified atom stereocenters. The Morgan fingerprint density at radius 3 is 2.50 bits per heavy atom. The topological polar surface area (TPSA) is 64.3 Å². The van der Waals surface area contributed by atoms with Crippen LogP contribution in [-0.2, 0) is 4.79 Å². The van der Waals surface area contributed by atoms with E-state index in [0.29, 0.717) is 18.2 Å². The second-order valence-corrected chi connectivity index (χ2v) is 5.73. The summed E-state index contributed by atoms with van der Waals surface area (Å²) in [6, 6.07) is 5.74. The molecule has 0 saturated heterocycles. The summed E-state index contributed by atoms with van der Waals surface area (Å²) in [5.74, 6) is 1.01. The summed E-state index contributed by atoms with van der Waals surface area (Å²) < 4.78 is 5.79. The normalized spacial score (nSPS) is 13.9. The van der Waals surface area contributed by atoms with E-state index in [1.54, 1.807) is 6.92 Å². The van der Waals surface area contributed by atoms with Crippen molar-refractivity contribution in [3.63, 3.8) is 0 Å². The zero-order valence-corrected chi connectivity index (χ0v) is 13.1. The van der Waals surface area contributed by atoms with Crippen LogP contribution >= 0.6 is 0 Å². The molecule has 0 fully saturated rings. The van der Waals surface area contributed by atoms with E-state index in [0.717, 1.165) is 11.1 Å². The van der Waals surface area contributed by atoms with Crippen LogP contribution in [0.3, 0.4) is 0 Å². The number of carbonyl (C=O) groups excluding carboxylic acids is 1. The number of hydrogen-bond donors (Lipinski definition) is 2. The maximum atomic E-state index is 12.0. The van der Waals surface area contributed by atoms with Gasteiger partial charge in [-0.25, -0.2) is 0 Å². The summed E-state index contributed by atoms with van der Waals surface area (Å²) in [6.07, 6.45) is -0.534. The van der Waals surface area contributed by atoms with Crippen LogP contribution in [0.1, 0.15) is 44.9 Å². The summed E-state index contributed by atoms with van der Waals surface area (Å²) in [5.41, 5.74) is 7.93. The highest BCUT2D eigenvalue weighted by Gasteiger charge is 2.17. The van der Waals surface area contributed by atoms with Crippen molar-refractivity contribution in [2.24, 2.45) is 11.7 Å². The molecule has 0 bridgehead atoms. The Labute approximate surface area is 121 Å². The van der Waals surface area contributed by atoms with Crippen molar-refractivity contribution < 1.29 is 9.53 Å². The number of aryl methyl sites for hydroxylation is 1. The predicted octanol–water partition coefficient (Wildman–Crippen LogP) is 2.55. The minimum atomic E-state index is -0.534. The average molecular weight is 278 g/mol. The first kappa shape index (κ1) is 16.5. The van der Waals surface area contributed by atoms with E-state index < -0.39 is 6.10 Å². The Kier molecular flexibility index (Phi) is 6.02. The molecule has 3 N–H and O–H groups in total. The molecule has 0 aliphatic rings. The number of nitrogens with two attached hydrogens (primary N) is 1. The van der Waals surface area contributed by atoms with E-state index in [1.807, 2.05) is 32.0 Å². The molecule has 1 amide bonds. The minimum absolute atomic E-state index is 0.101. The minimum Gasteiger partial charge on any atom is -0.481 e. The summed E-state index contributed by atoms with van der Waals surface area (Å²) in [5, 5.41) is 2.87. The molecule has 20 heavy (non-hydrogen) atoms. The van der Waals surface area contributed by atoms with Gasteiger partial charge in [-0.3, -0.25) is 4.79 Å². The molecule has 112 valence electrons. The van der Waals surface area contributed by atoms with Crippen molar-refractivity contribution in [2.75, 3.05) is 6.54 Å². The van der Waals surface area contributed by atoms with Crippen molar-refractivity contribution in [3.8, 4) is 5.75 Å². The monoisotopic (exact) mass is 278 g/mol. The van der Waals surface area contributed by atoms with Gasteiger partial charge in [-0.15, -0.1) is 0 Å². The smallest absolute Gasteiger partial charge is 0.260 e. The summed E-state index contributed by atoms with van der Waals surface area (Å²) in [4.78, 5) is 12.0. The van der Waals surface area contributed by atoms with Gasteiger partial charge in [0.15, 0.2) is 6.10 Å². The lowest BCUT2D eigenvalue weighted by Gasteiger charge is -2.19. The number of carbonyl (C=O) groups is 1. The summed E-state index contributed by atoms with van der Waals surface area (Å²) >= 11 is 0. The van der Waals surface area contributed by atoms with E-state index >= 15 is 0 Å². The molecule has 0 radical (unpaired) electrons. The van der Waals surface area contributed by atoms with Crippen LogP contribution in [-0.4, -0.2) is 18.6 Å². The molecule has 4 heteroatoms. The first-order chi connectivity index (χ1) is 9.31. The number of hydrogen-bond acceptors (Lipinski definition) is 3. The Hall–Kier alpha value is -1.55. The lowest BCUT2D eigenvalue weighted by molar-refractivity contribution is -0.127. The molecule has 0 saturated carbocycles. The van der Waals surface area contributed by atoms with Gasteiger partial charge in [0, 0.05) is 18.2 Å². The fourth-order valence-corrected chi connectivity index (χ4v) is 1.81. The first-order valence-corrected chi connectivity index (χ1v) is 7.11. The quantitative estimate of drug-likeness (QED) is 0.840. The van der Waals surface area contributed by atoms with Crippen molar-refractivity contribution >= 4 is 5.91 Å². The van der Waals surface area contributed by atoms with E-state index in [1.165, 1.54) is 0 Å². The molecule has 2 atom stereocenters. The van der Waals surface area contributed by atoms with E-state index in [9.17, 15) is 4.79 Å². The van der Waals surface area contributed by atoms with Crippen molar-refractivity contribution in [2.45, 2.75) is 46.8 Å². The van der Waals surface area contributed by atoms with Crippen LogP contribution in [0.15, 0.2) is 18.2 Å². The van der Waals surface area contributed by atoms with Crippen LogP contribution in [0.25, 0.3) is 0 Å². The van der Waals surface area contributed by atoms with Crippen molar-refractivity contribution in [1.29, 1.82) is 0 Å². The van der Waals surface area contributed by atoms with Crippen LogP contribution in [0.4, 0.5) is 0 Å². The number of benzene rings is 1. The van der Waals surface area contributed by atoms with Crippen LogP contribution in [0.2, 0.25) is 0 Å². The maximum absolute atomic E-state index is 12.0. The zero-order chi connectivity index (χ0) is 15.3. The van der Waals surface area contributed by atoms with Gasteiger partial charge in [0.25, 0.3) is 5.91 Å². The molecule has 1 aromatic carbocycles. The standard InChI is InChI=1S/C16H26N2O2/c1-10(2)9-18-16(19)13(5)20-15-8-11(3)6-7-14(15)12(4)17/h6-8,10,12-13H,9,17H2,1-5H3,(H,18,19)/t12-,13?/m0/s1. The van der Waals surface area contributed by atoms with Gasteiger partial charge < -0.3 is 15.8 Å². The fourth-order valence-electron chi connectivity index (χ4n) is 1.81. The zero-order valence-electron chi connectivity index (χ0n) is 13.1. The lowest BCUT2D eigenvalue weighted by Crippen LogP contribution is -2.38. The molecule has 0 spiro atoms. The number of rotatable bonds is 6. The maximum Gasteiger partial charge on any atom is 0.260 e. The first-order valence-electron chi connectivity index (χ1n) is 7.11. The average Bonchev–Trinajstić information content (AvgIpc) is 2.35. The molecule has 1 rings (SSSR count). The molecular formula is C16H26N2O2. The second kappa shape index (κ2) is 7.29. The van der Waals surface area contributed by atoms with Gasteiger partial charge in [-0.05, 0) is 38.3 Å². The van der Waals surface area contributed by atoms with E-state index in [-0.39, 0.29) is 11.9 Å². The van der Waals surface area contributed by atoms with Crippen molar-refractivity contribution in [3.05, 3.63) is 29.3 Å². The van der Waals surface area contributed by atoms with Gasteiger partial charge >= 0.3 is 0 Å². The Morgan fingerprint density at radius 1 is 1.30 bits per heavy atom. The van der Waals surface area contributed by atoms with E-state index in [2.05, 4.69) is 19.2 Å². The predicted molar refractivity (Wildman–Crippen MR) is 81.7 cm³/mol. The lowest BCUT2D eigenvalue weighted by atomic mass is 10.1. The Balaban J connectivity index is 2.76. The highest BCUT2D eigenvalue weighted by atomic mass is 16.5. The van der Waals surface area contributed by atoms with E-state index in [4.69, 9.17) is 10.5 Å². The Morgan fingerprint density at radius 2 is 1.95 bits per heavy atom. The number of ether oxygens (including phenoxy) is 1. The fraction of sp³-hybridized carbons (Fsp3) is 0.562. The van der Waals surface area contributed by atoms with Gasteiger partial charge in [-0.1, -0.05) is 26.0 Å². The van der Waals surface area contributed by atoms with Crippen LogP contribution in [0, 0.1) is 12.8 Å². The summed E-state index contributed by atoms with van der Waals surface area (Å²) in [7, 11) is 0. The third-order valence-corrected chi connectivity index (χ3v) is 3.02. The molecule has 0 aliphatic carbocycles. The van der Waals surface area contributed by atoms with Gasteiger partial charge in [0.2, 0.25) is 0 Å². The molecule has 0 aromatic heterocycles. The van der Waals surface area contributed by atoms with Gasteiger partial charge in [0.05, 0.1) is 0 Å². The molecule has 0 heterocycles. The third-order valence-electron chi connectivity index (χ3n) is 3.02.